The molecule has 0 atom stereocenters. The molecule has 2 N–H and O–H groups in total. The number of nitrogens with one attached hydrogen (secondary N) is 2. The van der Waals surface area contributed by atoms with Crippen LogP contribution in [0, 0.1) is 5.82 Å². The fourth-order valence-electron chi connectivity index (χ4n) is 3.47. The summed E-state index contributed by atoms with van der Waals surface area (Å²) in [5.74, 6) is 0.757. The van der Waals surface area contributed by atoms with E-state index in [0.29, 0.717) is 25.2 Å². The van der Waals surface area contributed by atoms with Gasteiger partial charge in [-0.25, -0.2) is 9.38 Å². The molecule has 30 heavy (non-hydrogen) atoms. The molecule has 0 bridgehead atoms. The predicted molar refractivity (Wildman–Crippen MR) is 120 cm³/mol. The van der Waals surface area contributed by atoms with Gasteiger partial charge in [0.25, 0.3) is 0 Å². The van der Waals surface area contributed by atoms with Crippen LogP contribution < -0.4 is 10.6 Å². The van der Waals surface area contributed by atoms with Gasteiger partial charge in [0.1, 0.15) is 5.82 Å². The predicted octanol–water partition coefficient (Wildman–Crippen LogP) is 1.50. The molecule has 8 heteroatoms. The molecule has 0 unspecified atom stereocenters. The van der Waals surface area contributed by atoms with Crippen LogP contribution in [0.5, 0.6) is 0 Å². The minimum Gasteiger partial charge on any atom is -0.357 e. The Morgan fingerprint density at radius 1 is 1.23 bits per heavy atom. The SMILES string of the molecule is CCNC(=NCc1ccc(F)c(CN(C)C)c1)N1CCN(CC(=O)NC(C)C)CC1. The van der Waals surface area contributed by atoms with E-state index in [1.54, 1.807) is 6.07 Å². The van der Waals surface area contributed by atoms with Crippen LogP contribution in [0.3, 0.4) is 0 Å². The van der Waals surface area contributed by atoms with Crippen LogP contribution in [0.1, 0.15) is 31.9 Å². The van der Waals surface area contributed by atoms with Crippen molar-refractivity contribution in [2.24, 2.45) is 4.99 Å². The van der Waals surface area contributed by atoms with E-state index in [1.165, 1.54) is 6.07 Å². The highest BCUT2D eigenvalue weighted by Gasteiger charge is 2.21. The van der Waals surface area contributed by atoms with Crippen molar-refractivity contribution in [1.82, 2.24) is 25.3 Å². The van der Waals surface area contributed by atoms with Crippen LogP contribution in [0.2, 0.25) is 0 Å². The Morgan fingerprint density at radius 2 is 1.93 bits per heavy atom. The van der Waals surface area contributed by atoms with Gasteiger partial charge in [-0.2, -0.15) is 0 Å². The number of carbonyl (C=O) groups is 1. The minimum absolute atomic E-state index is 0.0730. The molecule has 0 radical (unpaired) electrons. The quantitative estimate of drug-likeness (QED) is 0.493. The number of hydrogen-bond acceptors (Lipinski definition) is 4. The maximum absolute atomic E-state index is 14.0. The van der Waals surface area contributed by atoms with Crippen molar-refractivity contribution >= 4 is 11.9 Å². The van der Waals surface area contributed by atoms with E-state index in [4.69, 9.17) is 4.99 Å². The summed E-state index contributed by atoms with van der Waals surface area (Å²) in [5, 5.41) is 6.30. The molecule has 1 saturated heterocycles. The number of benzene rings is 1. The molecule has 1 aliphatic heterocycles. The van der Waals surface area contributed by atoms with Gasteiger partial charge in [-0.1, -0.05) is 6.07 Å². The lowest BCUT2D eigenvalue weighted by molar-refractivity contribution is -0.123. The number of carbonyl (C=O) groups excluding carboxylic acids is 1. The molecule has 0 spiro atoms. The van der Waals surface area contributed by atoms with Gasteiger partial charge in [-0.05, 0) is 52.6 Å². The number of piperazine rings is 1. The average Bonchev–Trinajstić information content (AvgIpc) is 2.67. The molecule has 7 nitrogen and oxygen atoms in total. The van der Waals surface area contributed by atoms with Crippen LogP contribution in [-0.2, 0) is 17.9 Å². The van der Waals surface area contributed by atoms with E-state index in [9.17, 15) is 9.18 Å². The molecule has 1 heterocycles. The molecule has 0 aliphatic carbocycles. The Bertz CT molecular complexity index is 714. The normalized spacial score (nSPS) is 15.7. The van der Waals surface area contributed by atoms with E-state index in [2.05, 4.69) is 27.4 Å². The largest absolute Gasteiger partial charge is 0.357 e. The fourth-order valence-corrected chi connectivity index (χ4v) is 3.47. The first kappa shape index (κ1) is 24.1. The highest BCUT2D eigenvalue weighted by Crippen LogP contribution is 2.13. The van der Waals surface area contributed by atoms with E-state index < -0.39 is 0 Å². The molecule has 2 rings (SSSR count). The van der Waals surface area contributed by atoms with Crippen LogP contribution in [0.4, 0.5) is 4.39 Å². The Morgan fingerprint density at radius 3 is 2.53 bits per heavy atom. The molecule has 0 saturated carbocycles. The molecular formula is C22H37FN6O. The first-order valence-electron chi connectivity index (χ1n) is 10.8. The van der Waals surface area contributed by atoms with Crippen molar-refractivity contribution in [1.29, 1.82) is 0 Å². The number of amides is 1. The third-order valence-corrected chi connectivity index (χ3v) is 4.83. The number of halogens is 1. The number of hydrogen-bond donors (Lipinski definition) is 2. The Balaban J connectivity index is 1.96. The highest BCUT2D eigenvalue weighted by molar-refractivity contribution is 5.80. The van der Waals surface area contributed by atoms with Gasteiger partial charge < -0.3 is 20.4 Å². The maximum Gasteiger partial charge on any atom is 0.234 e. The van der Waals surface area contributed by atoms with E-state index >= 15 is 0 Å². The van der Waals surface area contributed by atoms with Crippen molar-refractivity contribution in [3.63, 3.8) is 0 Å². The smallest absolute Gasteiger partial charge is 0.234 e. The first-order valence-corrected chi connectivity index (χ1v) is 10.8. The van der Waals surface area contributed by atoms with Gasteiger partial charge in [-0.3, -0.25) is 9.69 Å². The Hall–Kier alpha value is -2.19. The zero-order valence-electron chi connectivity index (χ0n) is 19.0. The molecule has 1 aliphatic rings. The summed E-state index contributed by atoms with van der Waals surface area (Å²) in [6, 6.07) is 5.38. The molecule has 1 aromatic carbocycles. The van der Waals surface area contributed by atoms with Crippen molar-refractivity contribution in [2.75, 3.05) is 53.4 Å². The third kappa shape index (κ3) is 7.91. The van der Waals surface area contributed by atoms with Crippen LogP contribution in [0.25, 0.3) is 0 Å². The second-order valence-corrected chi connectivity index (χ2v) is 8.32. The number of guanidine groups is 1. The summed E-state index contributed by atoms with van der Waals surface area (Å²) in [5.41, 5.74) is 1.68. The molecule has 1 aromatic rings. The van der Waals surface area contributed by atoms with Crippen molar-refractivity contribution in [3.8, 4) is 0 Å². The maximum atomic E-state index is 14.0. The van der Waals surface area contributed by atoms with Gasteiger partial charge in [0.05, 0.1) is 13.1 Å². The molecule has 0 aromatic heterocycles. The van der Waals surface area contributed by atoms with Gasteiger partial charge in [-0.15, -0.1) is 0 Å². The van der Waals surface area contributed by atoms with E-state index in [-0.39, 0.29) is 17.8 Å². The molecule has 1 amide bonds. The Kier molecular flexibility index (Phi) is 9.52. The van der Waals surface area contributed by atoms with Crippen LogP contribution in [-0.4, -0.2) is 86.0 Å². The summed E-state index contributed by atoms with van der Waals surface area (Å²) in [7, 11) is 3.86. The van der Waals surface area contributed by atoms with Crippen molar-refractivity contribution < 1.29 is 9.18 Å². The van der Waals surface area contributed by atoms with Crippen molar-refractivity contribution in [3.05, 3.63) is 35.1 Å². The third-order valence-electron chi connectivity index (χ3n) is 4.83. The summed E-state index contributed by atoms with van der Waals surface area (Å²) in [4.78, 5) is 23.1. The number of aliphatic imine (C=N–C) groups is 1. The number of rotatable bonds is 8. The lowest BCUT2D eigenvalue weighted by Crippen LogP contribution is -2.54. The van der Waals surface area contributed by atoms with E-state index in [0.717, 1.165) is 44.2 Å². The zero-order valence-corrected chi connectivity index (χ0v) is 19.0. The van der Waals surface area contributed by atoms with Gasteiger partial charge >= 0.3 is 0 Å². The summed E-state index contributed by atoms with van der Waals surface area (Å²) in [6.07, 6.45) is 0. The first-order chi connectivity index (χ1) is 14.3. The topological polar surface area (TPSA) is 63.2 Å². The average molecular weight is 421 g/mol. The van der Waals surface area contributed by atoms with Crippen molar-refractivity contribution in [2.45, 2.75) is 39.9 Å². The second-order valence-electron chi connectivity index (χ2n) is 8.32. The van der Waals surface area contributed by atoms with Gasteiger partial charge in [0, 0.05) is 50.9 Å². The lowest BCUT2D eigenvalue weighted by atomic mass is 10.1. The highest BCUT2D eigenvalue weighted by atomic mass is 19.1. The van der Waals surface area contributed by atoms with Crippen LogP contribution >= 0.6 is 0 Å². The summed E-state index contributed by atoms with van der Waals surface area (Å²) >= 11 is 0. The molecular weight excluding hydrogens is 383 g/mol. The Labute approximate surface area is 180 Å². The second kappa shape index (κ2) is 11.9. The minimum atomic E-state index is -0.180. The summed E-state index contributed by atoms with van der Waals surface area (Å²) < 4.78 is 14.0. The standard InChI is InChI=1S/C22H37FN6O/c1-6-24-22(25-14-18-7-8-20(23)19(13-18)15-27(4)5)29-11-9-28(10-12-29)16-21(30)26-17(2)3/h7-8,13,17H,6,9-12,14-16H2,1-5H3,(H,24,25)(H,26,30). The van der Waals surface area contributed by atoms with Gasteiger partial charge in [0.15, 0.2) is 5.96 Å². The zero-order chi connectivity index (χ0) is 22.1. The summed E-state index contributed by atoms with van der Waals surface area (Å²) in [6.45, 7) is 11.5. The molecule has 168 valence electrons. The lowest BCUT2D eigenvalue weighted by Gasteiger charge is -2.36. The fraction of sp³-hybridized carbons (Fsp3) is 0.636. The van der Waals surface area contributed by atoms with Gasteiger partial charge in [0.2, 0.25) is 5.91 Å². The molecule has 1 fully saturated rings. The van der Waals surface area contributed by atoms with E-state index in [1.807, 2.05) is 38.9 Å². The number of nitrogens with zero attached hydrogens (tertiary/aromatic N) is 4. The monoisotopic (exact) mass is 420 g/mol. The van der Waals surface area contributed by atoms with Crippen LogP contribution in [0.15, 0.2) is 23.2 Å².